The van der Waals surface area contributed by atoms with Gasteiger partial charge in [0.25, 0.3) is 0 Å². The van der Waals surface area contributed by atoms with E-state index in [1.54, 1.807) is 18.2 Å². The summed E-state index contributed by atoms with van der Waals surface area (Å²) in [7, 11) is 1.29. The molecule has 0 aromatic heterocycles. The molecule has 2 amide bonds. The molecule has 8 nitrogen and oxygen atoms in total. The number of rotatable bonds is 5. The molecule has 0 spiro atoms. The number of piperidine rings is 1. The van der Waals surface area contributed by atoms with E-state index in [2.05, 4.69) is 20.5 Å². The Hall–Kier alpha value is -3.69. The fourth-order valence-corrected chi connectivity index (χ4v) is 4.58. The maximum Gasteiger partial charge on any atom is 0.350 e. The molecule has 10 heteroatoms. The fraction of sp³-hybridized carbons (Fsp3) is 0.348. The van der Waals surface area contributed by atoms with Crippen LogP contribution >= 0.6 is 0 Å². The molecule has 3 unspecified atom stereocenters. The van der Waals surface area contributed by atoms with Crippen molar-refractivity contribution in [3.05, 3.63) is 59.7 Å². The minimum atomic E-state index is -0.762. The summed E-state index contributed by atoms with van der Waals surface area (Å²) in [6.45, 7) is 1.21. The highest BCUT2D eigenvalue weighted by atomic mass is 19.1. The number of methoxy groups -OCH3 is 1. The van der Waals surface area contributed by atoms with Crippen LogP contribution in [0.2, 0.25) is 0 Å². The van der Waals surface area contributed by atoms with Gasteiger partial charge in [0, 0.05) is 54.7 Å². The number of urea groups is 1. The maximum absolute atomic E-state index is 14.0. The summed E-state index contributed by atoms with van der Waals surface area (Å²) in [5.41, 5.74) is 2.30. The van der Waals surface area contributed by atoms with Crippen LogP contribution < -0.4 is 15.5 Å². The number of fused-ring (bicyclic) bond motifs is 1. The molecule has 2 heterocycles. The number of hydrogen-bond acceptors (Lipinski definition) is 6. The van der Waals surface area contributed by atoms with Crippen LogP contribution in [0.5, 0.6) is 0 Å². The van der Waals surface area contributed by atoms with Gasteiger partial charge in [-0.15, -0.1) is 0 Å². The lowest BCUT2D eigenvalue weighted by molar-refractivity contribution is -0.152. The zero-order valence-corrected chi connectivity index (χ0v) is 17.8. The number of esters is 1. The van der Waals surface area contributed by atoms with Crippen molar-refractivity contribution in [2.75, 3.05) is 30.4 Å². The molecular weight excluding hydrogens is 434 g/mol. The average molecular weight is 456 g/mol. The van der Waals surface area contributed by atoms with E-state index < -0.39 is 23.7 Å². The number of oxime groups is 1. The third kappa shape index (κ3) is 4.20. The molecule has 3 atom stereocenters. The van der Waals surface area contributed by atoms with Gasteiger partial charge in [-0.25, -0.2) is 18.4 Å². The molecule has 33 heavy (non-hydrogen) atoms. The number of halogens is 2. The molecule has 1 saturated carbocycles. The number of nitrogens with one attached hydrogen (secondary N) is 2. The average Bonchev–Trinajstić information content (AvgIpc) is 3.19. The van der Waals surface area contributed by atoms with Crippen LogP contribution in [0.25, 0.3) is 0 Å². The van der Waals surface area contributed by atoms with E-state index in [1.807, 2.05) is 11.0 Å². The smallest absolute Gasteiger partial charge is 0.350 e. The van der Waals surface area contributed by atoms with Crippen LogP contribution in [-0.4, -0.2) is 50.1 Å². The van der Waals surface area contributed by atoms with Gasteiger partial charge in [0.2, 0.25) is 6.10 Å². The molecule has 0 bridgehead atoms. The van der Waals surface area contributed by atoms with E-state index in [-0.39, 0.29) is 23.9 Å². The van der Waals surface area contributed by atoms with Gasteiger partial charge in [-0.2, -0.15) is 0 Å². The number of benzene rings is 2. The van der Waals surface area contributed by atoms with E-state index in [4.69, 9.17) is 4.84 Å². The molecule has 2 fully saturated rings. The Morgan fingerprint density at radius 1 is 1.15 bits per heavy atom. The van der Waals surface area contributed by atoms with Crippen molar-refractivity contribution in [1.29, 1.82) is 0 Å². The quantitative estimate of drug-likeness (QED) is 0.675. The van der Waals surface area contributed by atoms with E-state index in [0.717, 1.165) is 11.6 Å². The van der Waals surface area contributed by atoms with Gasteiger partial charge in [-0.3, -0.25) is 0 Å². The molecule has 172 valence electrons. The van der Waals surface area contributed by atoms with Crippen LogP contribution in [0.4, 0.5) is 25.0 Å². The standard InChI is InChI=1S/C23H22F2N4O4/c1-32-22(30)20-9-18(28-33-20)12-3-2-4-14(7-12)26-23(31)27-21-15-10-29(11-16(15)21)19-6-5-13(24)8-17(19)25/h2-8,15-16,20-21H,9-11H2,1H3,(H2,26,27,31). The van der Waals surface area contributed by atoms with Crippen LogP contribution in [0.15, 0.2) is 47.6 Å². The monoisotopic (exact) mass is 456 g/mol. The second-order valence-electron chi connectivity index (χ2n) is 8.39. The number of ether oxygens (including phenoxy) is 1. The minimum absolute atomic E-state index is 0.0152. The third-order valence-corrected chi connectivity index (χ3v) is 6.33. The molecule has 2 aromatic rings. The van der Waals surface area contributed by atoms with Crippen molar-refractivity contribution in [3.63, 3.8) is 0 Å². The summed E-state index contributed by atoms with van der Waals surface area (Å²) in [5, 5.41) is 9.74. The van der Waals surface area contributed by atoms with Crippen molar-refractivity contribution >= 4 is 29.1 Å². The van der Waals surface area contributed by atoms with Crippen molar-refractivity contribution in [1.82, 2.24) is 5.32 Å². The number of nitrogens with zero attached hydrogens (tertiary/aromatic N) is 2. The number of amides is 2. The van der Waals surface area contributed by atoms with Gasteiger partial charge in [-0.05, 0) is 24.3 Å². The molecule has 5 rings (SSSR count). The summed E-state index contributed by atoms with van der Waals surface area (Å²) in [6, 6.07) is 10.4. The van der Waals surface area contributed by atoms with Crippen molar-refractivity contribution < 1.29 is 27.9 Å². The Morgan fingerprint density at radius 3 is 2.67 bits per heavy atom. The highest BCUT2D eigenvalue weighted by molar-refractivity contribution is 6.04. The maximum atomic E-state index is 14.0. The minimum Gasteiger partial charge on any atom is -0.466 e. The molecule has 1 saturated heterocycles. The Morgan fingerprint density at radius 2 is 1.94 bits per heavy atom. The lowest BCUT2D eigenvalue weighted by atomic mass is 10.0. The molecule has 0 radical (unpaired) electrons. The zero-order valence-electron chi connectivity index (χ0n) is 17.8. The molecular formula is C23H22F2N4O4. The first-order chi connectivity index (χ1) is 15.9. The van der Waals surface area contributed by atoms with Crippen LogP contribution in [0.3, 0.4) is 0 Å². The van der Waals surface area contributed by atoms with Gasteiger partial charge >= 0.3 is 12.0 Å². The van der Waals surface area contributed by atoms with E-state index in [0.29, 0.717) is 36.6 Å². The Bertz CT molecular complexity index is 1130. The molecule has 2 N–H and O–H groups in total. The van der Waals surface area contributed by atoms with Crippen molar-refractivity contribution in [2.45, 2.75) is 18.6 Å². The topological polar surface area (TPSA) is 92.3 Å². The number of hydrogen-bond donors (Lipinski definition) is 2. The highest BCUT2D eigenvalue weighted by Gasteiger charge is 2.56. The summed E-state index contributed by atoms with van der Waals surface area (Å²) in [5.74, 6) is -1.21. The van der Waals surface area contributed by atoms with Gasteiger partial charge < -0.3 is 25.1 Å². The third-order valence-electron chi connectivity index (χ3n) is 6.33. The summed E-state index contributed by atoms with van der Waals surface area (Å²) in [6.07, 6.45) is -0.471. The summed E-state index contributed by atoms with van der Waals surface area (Å²) < 4.78 is 31.8. The largest absolute Gasteiger partial charge is 0.466 e. The lowest BCUT2D eigenvalue weighted by Crippen LogP contribution is -2.37. The van der Waals surface area contributed by atoms with E-state index in [9.17, 15) is 18.4 Å². The Labute approximate surface area is 188 Å². The van der Waals surface area contributed by atoms with Gasteiger partial charge in [0.15, 0.2) is 0 Å². The molecule has 2 aromatic carbocycles. The fourth-order valence-electron chi connectivity index (χ4n) is 4.58. The number of carbonyl (C=O) groups is 2. The zero-order chi connectivity index (χ0) is 23.1. The first kappa shape index (κ1) is 21.2. The lowest BCUT2D eigenvalue weighted by Gasteiger charge is -2.23. The second-order valence-corrected chi connectivity index (χ2v) is 8.39. The SMILES string of the molecule is COC(=O)C1CC(c2cccc(NC(=O)NC3C4CN(c5ccc(F)cc5F)CC43)c2)=NO1. The van der Waals surface area contributed by atoms with Crippen LogP contribution in [0.1, 0.15) is 12.0 Å². The predicted octanol–water partition coefficient (Wildman–Crippen LogP) is 2.89. The summed E-state index contributed by atoms with van der Waals surface area (Å²) >= 11 is 0. The predicted molar refractivity (Wildman–Crippen MR) is 116 cm³/mol. The molecule has 1 aliphatic carbocycles. The van der Waals surface area contributed by atoms with Gasteiger partial charge in [-0.1, -0.05) is 17.3 Å². The normalized spacial score (nSPS) is 25.1. The van der Waals surface area contributed by atoms with Crippen molar-refractivity contribution in [2.24, 2.45) is 17.0 Å². The van der Waals surface area contributed by atoms with Crippen LogP contribution in [0, 0.1) is 23.5 Å². The second kappa shape index (κ2) is 8.34. The number of carbonyl (C=O) groups excluding carboxylic acids is 2. The number of anilines is 2. The van der Waals surface area contributed by atoms with E-state index in [1.165, 1.54) is 19.2 Å². The van der Waals surface area contributed by atoms with Crippen LogP contribution in [-0.2, 0) is 14.4 Å². The first-order valence-electron chi connectivity index (χ1n) is 10.6. The van der Waals surface area contributed by atoms with E-state index >= 15 is 0 Å². The van der Waals surface area contributed by atoms with Crippen molar-refractivity contribution in [3.8, 4) is 0 Å². The van der Waals surface area contributed by atoms with Gasteiger partial charge in [0.05, 0.1) is 18.5 Å². The summed E-state index contributed by atoms with van der Waals surface area (Å²) in [4.78, 5) is 31.1. The van der Waals surface area contributed by atoms with Gasteiger partial charge in [0.1, 0.15) is 11.6 Å². The highest BCUT2D eigenvalue weighted by Crippen LogP contribution is 2.47. The first-order valence-corrected chi connectivity index (χ1v) is 10.6. The Balaban J connectivity index is 1.14. The Kier molecular flexibility index (Phi) is 5.35. The molecule has 2 aliphatic heterocycles. The molecule has 3 aliphatic rings.